The average Bonchev–Trinajstić information content (AvgIpc) is 2.51. The van der Waals surface area contributed by atoms with Crippen LogP contribution in [0.2, 0.25) is 0 Å². The van der Waals surface area contributed by atoms with Crippen molar-refractivity contribution in [2.45, 2.75) is 26.4 Å². The van der Waals surface area contributed by atoms with Crippen molar-refractivity contribution in [2.24, 2.45) is 7.05 Å². The molecule has 122 valence electrons. The van der Waals surface area contributed by atoms with Crippen molar-refractivity contribution in [1.29, 1.82) is 0 Å². The maximum absolute atomic E-state index is 12.8. The minimum Gasteiger partial charge on any atom is -0.507 e. The van der Waals surface area contributed by atoms with Crippen LogP contribution in [0.3, 0.4) is 0 Å². The number of aryl methyl sites for hydroxylation is 2. The van der Waals surface area contributed by atoms with Crippen LogP contribution >= 0.6 is 0 Å². The second-order valence-corrected chi connectivity index (χ2v) is 6.45. The lowest BCUT2D eigenvalue weighted by atomic mass is 10.1. The molecule has 4 heteroatoms. The summed E-state index contributed by atoms with van der Waals surface area (Å²) in [6, 6.07) is 8.74. The maximum atomic E-state index is 12.8. The van der Waals surface area contributed by atoms with Gasteiger partial charge in [0, 0.05) is 24.6 Å². The Balaban J connectivity index is 2.42. The number of fused-ring (bicyclic) bond motifs is 2. The molecular formula is C20H19NO3. The summed E-state index contributed by atoms with van der Waals surface area (Å²) in [7, 11) is 1.87. The molecule has 24 heavy (non-hydrogen) atoms. The van der Waals surface area contributed by atoms with E-state index in [4.69, 9.17) is 11.2 Å². The molecule has 1 N–H and O–H groups in total. The summed E-state index contributed by atoms with van der Waals surface area (Å²) in [4.78, 5) is 12.8. The van der Waals surface area contributed by atoms with Crippen molar-refractivity contribution in [3.63, 3.8) is 0 Å². The Kier molecular flexibility index (Phi) is 3.53. The van der Waals surface area contributed by atoms with E-state index in [1.54, 1.807) is 26.0 Å². The number of phenolic OH excluding ortho intramolecular Hbond substituents is 1. The zero-order valence-electron chi connectivity index (χ0n) is 14.2. The van der Waals surface area contributed by atoms with Gasteiger partial charge in [0.1, 0.15) is 11.5 Å². The lowest BCUT2D eigenvalue weighted by Crippen LogP contribution is -2.25. The quantitative estimate of drug-likeness (QED) is 0.580. The first kappa shape index (κ1) is 15.9. The molecule has 0 atom stereocenters. The van der Waals surface area contributed by atoms with Crippen LogP contribution in [0.15, 0.2) is 35.1 Å². The minimum absolute atomic E-state index is 0.112. The van der Waals surface area contributed by atoms with Gasteiger partial charge in [-0.2, -0.15) is 0 Å². The molecule has 0 saturated carbocycles. The third-order valence-electron chi connectivity index (χ3n) is 4.20. The highest BCUT2D eigenvalue weighted by Gasteiger charge is 2.19. The number of phenols is 1. The first-order valence-corrected chi connectivity index (χ1v) is 7.67. The van der Waals surface area contributed by atoms with E-state index in [0.29, 0.717) is 16.7 Å². The first-order valence-electron chi connectivity index (χ1n) is 7.67. The van der Waals surface area contributed by atoms with Crippen LogP contribution in [0.5, 0.6) is 11.5 Å². The standard InChI is InChI=1S/C20H19NO3/c1-6-20(3,4)24-13-10-15-17(16(22)11-13)19(23)14-9-7-8-12(2)18(14)21(15)5/h1,7-11,22H,2-5H3. The summed E-state index contributed by atoms with van der Waals surface area (Å²) in [5.74, 6) is 2.86. The predicted molar refractivity (Wildman–Crippen MR) is 96.6 cm³/mol. The number of ether oxygens (including phenoxy) is 1. The van der Waals surface area contributed by atoms with Crippen LogP contribution in [0.4, 0.5) is 0 Å². The maximum Gasteiger partial charge on any atom is 0.200 e. The Morgan fingerprint density at radius 3 is 2.67 bits per heavy atom. The highest BCUT2D eigenvalue weighted by Crippen LogP contribution is 2.32. The zero-order valence-corrected chi connectivity index (χ0v) is 14.2. The summed E-state index contributed by atoms with van der Waals surface area (Å²) >= 11 is 0. The summed E-state index contributed by atoms with van der Waals surface area (Å²) in [5.41, 5.74) is 1.42. The Hall–Kier alpha value is -2.93. The molecule has 0 unspecified atom stereocenters. The van der Waals surface area contributed by atoms with Crippen molar-refractivity contribution in [3.05, 3.63) is 46.1 Å². The number of rotatable bonds is 2. The summed E-state index contributed by atoms with van der Waals surface area (Å²) < 4.78 is 7.67. The number of benzene rings is 2. The molecule has 3 rings (SSSR count). The smallest absolute Gasteiger partial charge is 0.200 e. The van der Waals surface area contributed by atoms with E-state index in [1.165, 1.54) is 6.07 Å². The number of hydrogen-bond donors (Lipinski definition) is 1. The summed E-state index contributed by atoms with van der Waals surface area (Å²) in [6.45, 7) is 5.48. The second-order valence-electron chi connectivity index (χ2n) is 6.45. The Labute approximate surface area is 140 Å². The molecule has 1 aromatic heterocycles. The summed E-state index contributed by atoms with van der Waals surface area (Å²) in [6.07, 6.45) is 5.46. The van der Waals surface area contributed by atoms with Gasteiger partial charge in [0.2, 0.25) is 5.43 Å². The molecule has 0 aliphatic heterocycles. The number of nitrogens with zero attached hydrogens (tertiary/aromatic N) is 1. The van der Waals surface area contributed by atoms with Crippen LogP contribution < -0.4 is 10.2 Å². The van der Waals surface area contributed by atoms with Gasteiger partial charge in [-0.25, -0.2) is 0 Å². The summed E-state index contributed by atoms with van der Waals surface area (Å²) in [5, 5.41) is 11.3. The number of pyridine rings is 1. The largest absolute Gasteiger partial charge is 0.507 e. The van der Waals surface area contributed by atoms with Gasteiger partial charge in [-0.3, -0.25) is 4.79 Å². The molecule has 0 bridgehead atoms. The number of para-hydroxylation sites is 1. The fourth-order valence-electron chi connectivity index (χ4n) is 3.01. The molecule has 4 nitrogen and oxygen atoms in total. The zero-order chi connectivity index (χ0) is 17.6. The van der Waals surface area contributed by atoms with Crippen molar-refractivity contribution >= 4 is 21.8 Å². The van der Waals surface area contributed by atoms with Gasteiger partial charge < -0.3 is 14.4 Å². The second kappa shape index (κ2) is 5.31. The molecule has 2 aromatic carbocycles. The molecule has 0 saturated heterocycles. The van der Waals surface area contributed by atoms with E-state index in [1.807, 2.05) is 30.7 Å². The molecule has 0 fully saturated rings. The van der Waals surface area contributed by atoms with Gasteiger partial charge in [-0.05, 0) is 32.4 Å². The van der Waals surface area contributed by atoms with Gasteiger partial charge in [0.05, 0.1) is 16.4 Å². The molecule has 0 radical (unpaired) electrons. The fourth-order valence-corrected chi connectivity index (χ4v) is 3.01. The SMILES string of the molecule is C#CC(C)(C)Oc1cc(O)c2c(=O)c3cccc(C)c3n(C)c2c1. The lowest BCUT2D eigenvalue weighted by Gasteiger charge is -2.21. The molecule has 0 spiro atoms. The Bertz CT molecular complexity index is 1070. The van der Waals surface area contributed by atoms with Gasteiger partial charge in [0.15, 0.2) is 5.60 Å². The van der Waals surface area contributed by atoms with Crippen LogP contribution in [0, 0.1) is 19.3 Å². The average molecular weight is 321 g/mol. The first-order chi connectivity index (χ1) is 11.2. The number of hydrogen-bond acceptors (Lipinski definition) is 3. The number of aromatic hydroxyl groups is 1. The monoisotopic (exact) mass is 321 g/mol. The predicted octanol–water partition coefficient (Wildman–Crippen LogP) is 3.50. The number of terminal acetylenes is 1. The van der Waals surface area contributed by atoms with Crippen LogP contribution in [-0.2, 0) is 7.05 Å². The molecule has 3 aromatic rings. The van der Waals surface area contributed by atoms with Crippen molar-refractivity contribution in [1.82, 2.24) is 4.57 Å². The van der Waals surface area contributed by atoms with Crippen LogP contribution in [0.25, 0.3) is 21.8 Å². The normalized spacial score (nSPS) is 11.6. The van der Waals surface area contributed by atoms with E-state index in [9.17, 15) is 9.90 Å². The minimum atomic E-state index is -0.814. The van der Waals surface area contributed by atoms with Crippen LogP contribution in [0.1, 0.15) is 19.4 Å². The topological polar surface area (TPSA) is 51.5 Å². The highest BCUT2D eigenvalue weighted by molar-refractivity contribution is 5.98. The van der Waals surface area contributed by atoms with E-state index in [0.717, 1.165) is 11.1 Å². The number of aromatic nitrogens is 1. The molecule has 0 aliphatic carbocycles. The molecule has 1 heterocycles. The van der Waals surface area contributed by atoms with E-state index < -0.39 is 5.60 Å². The van der Waals surface area contributed by atoms with Crippen LogP contribution in [-0.4, -0.2) is 15.3 Å². The third-order valence-corrected chi connectivity index (χ3v) is 4.20. The van der Waals surface area contributed by atoms with Gasteiger partial charge in [-0.1, -0.05) is 18.1 Å². The van der Waals surface area contributed by atoms with Crippen molar-refractivity contribution in [3.8, 4) is 23.8 Å². The molecular weight excluding hydrogens is 302 g/mol. The molecule has 0 amide bonds. The van der Waals surface area contributed by atoms with Gasteiger partial charge in [-0.15, -0.1) is 6.42 Å². The van der Waals surface area contributed by atoms with Crippen molar-refractivity contribution in [2.75, 3.05) is 0 Å². The van der Waals surface area contributed by atoms with E-state index in [-0.39, 0.29) is 16.6 Å². The fraction of sp³-hybridized carbons (Fsp3) is 0.250. The van der Waals surface area contributed by atoms with E-state index >= 15 is 0 Å². The van der Waals surface area contributed by atoms with Gasteiger partial charge in [0.25, 0.3) is 0 Å². The molecule has 0 aliphatic rings. The van der Waals surface area contributed by atoms with E-state index in [2.05, 4.69) is 5.92 Å². The Morgan fingerprint density at radius 1 is 1.29 bits per heavy atom. The van der Waals surface area contributed by atoms with Gasteiger partial charge >= 0.3 is 0 Å². The third kappa shape index (κ3) is 2.39. The highest BCUT2D eigenvalue weighted by atomic mass is 16.5. The van der Waals surface area contributed by atoms with Crippen molar-refractivity contribution < 1.29 is 9.84 Å². The Morgan fingerprint density at radius 2 is 2.00 bits per heavy atom. The lowest BCUT2D eigenvalue weighted by molar-refractivity contribution is 0.172.